The van der Waals surface area contributed by atoms with Gasteiger partial charge in [-0.2, -0.15) is 8.42 Å². The summed E-state index contributed by atoms with van der Waals surface area (Å²) in [7, 11) is -2.84. The van der Waals surface area contributed by atoms with Crippen LogP contribution in [-0.4, -0.2) is 20.1 Å². The second-order valence-electron chi connectivity index (χ2n) is 3.47. The van der Waals surface area contributed by atoms with E-state index >= 15 is 0 Å². The van der Waals surface area contributed by atoms with Crippen molar-refractivity contribution in [3.05, 3.63) is 35.4 Å². The van der Waals surface area contributed by atoms with Crippen LogP contribution in [0.2, 0.25) is 5.02 Å². The molecular formula is C11H9ClO4S. The molecule has 2 rings (SSSR count). The minimum Gasteiger partial charge on any atom is -0.496 e. The van der Waals surface area contributed by atoms with E-state index in [0.717, 1.165) is 5.39 Å². The van der Waals surface area contributed by atoms with Gasteiger partial charge in [0.15, 0.2) is 0 Å². The fourth-order valence-electron chi connectivity index (χ4n) is 1.60. The molecule has 6 heteroatoms. The first-order valence-electron chi connectivity index (χ1n) is 4.66. The summed E-state index contributed by atoms with van der Waals surface area (Å²) in [4.78, 5) is -0.218. The van der Waals surface area contributed by atoms with Crippen molar-refractivity contribution in [3.63, 3.8) is 0 Å². The van der Waals surface area contributed by atoms with Crippen molar-refractivity contribution in [2.24, 2.45) is 0 Å². The lowest BCUT2D eigenvalue weighted by molar-refractivity contribution is 0.417. The third-order valence-corrected chi connectivity index (χ3v) is 3.43. The van der Waals surface area contributed by atoms with Crippen molar-refractivity contribution in [1.29, 1.82) is 0 Å². The summed E-state index contributed by atoms with van der Waals surface area (Å²) in [5.74, 6) is 0.367. The lowest BCUT2D eigenvalue weighted by Gasteiger charge is -2.08. The number of benzene rings is 2. The van der Waals surface area contributed by atoms with Gasteiger partial charge in [-0.05, 0) is 29.7 Å². The molecule has 2 aromatic rings. The summed E-state index contributed by atoms with van der Waals surface area (Å²) < 4.78 is 36.3. The molecule has 0 saturated heterocycles. The van der Waals surface area contributed by atoms with E-state index in [1.165, 1.54) is 19.2 Å². The van der Waals surface area contributed by atoms with Gasteiger partial charge >= 0.3 is 0 Å². The third kappa shape index (κ3) is 2.36. The molecule has 0 spiro atoms. The smallest absolute Gasteiger partial charge is 0.294 e. The van der Waals surface area contributed by atoms with E-state index in [2.05, 4.69) is 0 Å². The van der Waals surface area contributed by atoms with Crippen molar-refractivity contribution < 1.29 is 17.7 Å². The molecule has 0 aromatic heterocycles. The maximum Gasteiger partial charge on any atom is 0.294 e. The van der Waals surface area contributed by atoms with Gasteiger partial charge in [0.05, 0.1) is 12.0 Å². The quantitative estimate of drug-likeness (QED) is 0.854. The summed E-state index contributed by atoms with van der Waals surface area (Å²) in [5, 5.41) is 1.79. The largest absolute Gasteiger partial charge is 0.496 e. The van der Waals surface area contributed by atoms with Crippen molar-refractivity contribution >= 4 is 32.5 Å². The van der Waals surface area contributed by atoms with E-state index in [0.29, 0.717) is 16.2 Å². The fourth-order valence-corrected chi connectivity index (χ4v) is 2.31. The molecule has 0 saturated carbocycles. The van der Waals surface area contributed by atoms with Crippen molar-refractivity contribution in [2.75, 3.05) is 7.11 Å². The standard InChI is InChI=1S/C11H9ClO4S/c1-16-11-6-9(17(13,14)15)5-7-4-8(12)2-3-10(7)11/h2-6H,1H3,(H,13,14,15). The second-order valence-corrected chi connectivity index (χ2v) is 5.32. The van der Waals surface area contributed by atoms with Gasteiger partial charge in [-0.3, -0.25) is 4.55 Å². The lowest BCUT2D eigenvalue weighted by Crippen LogP contribution is -1.99. The number of fused-ring (bicyclic) bond motifs is 1. The average Bonchev–Trinajstić information content (AvgIpc) is 2.25. The minimum atomic E-state index is -4.26. The maximum absolute atomic E-state index is 11.1. The minimum absolute atomic E-state index is 0.218. The molecule has 0 fully saturated rings. The van der Waals surface area contributed by atoms with Crippen LogP contribution in [0.5, 0.6) is 5.75 Å². The highest BCUT2D eigenvalue weighted by atomic mass is 35.5. The lowest BCUT2D eigenvalue weighted by atomic mass is 10.1. The molecule has 1 N–H and O–H groups in total. The fraction of sp³-hybridized carbons (Fsp3) is 0.0909. The number of hydrogen-bond acceptors (Lipinski definition) is 3. The van der Waals surface area contributed by atoms with Crippen LogP contribution >= 0.6 is 11.6 Å². The first-order chi connectivity index (χ1) is 7.91. The third-order valence-electron chi connectivity index (χ3n) is 2.37. The van der Waals surface area contributed by atoms with Gasteiger partial charge in [0.1, 0.15) is 5.75 Å². The normalized spacial score (nSPS) is 11.7. The van der Waals surface area contributed by atoms with E-state index < -0.39 is 10.1 Å². The molecule has 0 aliphatic heterocycles. The van der Waals surface area contributed by atoms with Crippen LogP contribution in [0.1, 0.15) is 0 Å². The Morgan fingerprint density at radius 1 is 1.24 bits per heavy atom. The van der Waals surface area contributed by atoms with Gasteiger partial charge < -0.3 is 4.74 Å². The van der Waals surface area contributed by atoms with Crippen LogP contribution < -0.4 is 4.74 Å². The zero-order chi connectivity index (χ0) is 12.6. The summed E-state index contributed by atoms with van der Waals surface area (Å²) in [6.45, 7) is 0. The van der Waals surface area contributed by atoms with Crippen molar-refractivity contribution in [3.8, 4) is 5.75 Å². The Hall–Kier alpha value is -1.30. The highest BCUT2D eigenvalue weighted by Crippen LogP contribution is 2.31. The first-order valence-corrected chi connectivity index (χ1v) is 6.48. The Labute approximate surface area is 104 Å². The summed E-state index contributed by atoms with van der Waals surface area (Å²) >= 11 is 5.83. The van der Waals surface area contributed by atoms with Gasteiger partial charge in [-0.25, -0.2) is 0 Å². The summed E-state index contributed by atoms with van der Waals surface area (Å²) in [6, 6.07) is 7.63. The van der Waals surface area contributed by atoms with Crippen molar-refractivity contribution in [1.82, 2.24) is 0 Å². The number of methoxy groups -OCH3 is 1. The number of halogens is 1. The van der Waals surface area contributed by atoms with E-state index in [-0.39, 0.29) is 4.90 Å². The Morgan fingerprint density at radius 3 is 2.53 bits per heavy atom. The van der Waals surface area contributed by atoms with E-state index in [1.54, 1.807) is 18.2 Å². The van der Waals surface area contributed by atoms with Crippen molar-refractivity contribution in [2.45, 2.75) is 4.90 Å². The average molecular weight is 273 g/mol. The van der Waals surface area contributed by atoms with Crippen LogP contribution in [0.25, 0.3) is 10.8 Å². The van der Waals surface area contributed by atoms with Gasteiger partial charge in [-0.15, -0.1) is 0 Å². The van der Waals surface area contributed by atoms with E-state index in [1.807, 2.05) is 0 Å². The molecule has 0 aliphatic carbocycles. The molecule has 0 unspecified atom stereocenters. The summed E-state index contributed by atoms with van der Waals surface area (Å²) in [5.41, 5.74) is 0. The second kappa shape index (κ2) is 4.18. The molecule has 0 heterocycles. The topological polar surface area (TPSA) is 63.6 Å². The Kier molecular flexibility index (Phi) is 2.99. The molecule has 2 aromatic carbocycles. The van der Waals surface area contributed by atoms with Gasteiger partial charge in [0.2, 0.25) is 0 Å². The van der Waals surface area contributed by atoms with E-state index in [9.17, 15) is 8.42 Å². The van der Waals surface area contributed by atoms with Gasteiger partial charge in [0, 0.05) is 16.5 Å². The first kappa shape index (κ1) is 12.2. The predicted octanol–water partition coefficient (Wildman–Crippen LogP) is 2.75. The zero-order valence-electron chi connectivity index (χ0n) is 8.84. The summed E-state index contributed by atoms with van der Waals surface area (Å²) in [6.07, 6.45) is 0. The Balaban J connectivity index is 2.85. The molecule has 0 amide bonds. The highest BCUT2D eigenvalue weighted by Gasteiger charge is 2.14. The molecular weight excluding hydrogens is 264 g/mol. The number of hydrogen-bond donors (Lipinski definition) is 1. The van der Waals surface area contributed by atoms with Crippen LogP contribution in [0.15, 0.2) is 35.2 Å². The van der Waals surface area contributed by atoms with Gasteiger partial charge in [0.25, 0.3) is 10.1 Å². The maximum atomic E-state index is 11.1. The molecule has 0 radical (unpaired) electrons. The molecule has 4 nitrogen and oxygen atoms in total. The number of ether oxygens (including phenoxy) is 1. The molecule has 0 atom stereocenters. The van der Waals surface area contributed by atoms with Crippen LogP contribution in [0.3, 0.4) is 0 Å². The van der Waals surface area contributed by atoms with Crippen LogP contribution in [-0.2, 0) is 10.1 Å². The van der Waals surface area contributed by atoms with Gasteiger partial charge in [-0.1, -0.05) is 11.6 Å². The van der Waals surface area contributed by atoms with E-state index in [4.69, 9.17) is 20.9 Å². The Bertz CT molecular complexity index is 679. The predicted molar refractivity (Wildman–Crippen MR) is 65.3 cm³/mol. The SMILES string of the molecule is COc1cc(S(=O)(=O)O)cc2cc(Cl)ccc12. The monoisotopic (exact) mass is 272 g/mol. The molecule has 90 valence electrons. The highest BCUT2D eigenvalue weighted by molar-refractivity contribution is 7.85. The zero-order valence-corrected chi connectivity index (χ0v) is 10.4. The van der Waals surface area contributed by atoms with Crippen LogP contribution in [0.4, 0.5) is 0 Å². The molecule has 0 aliphatic rings. The Morgan fingerprint density at radius 2 is 1.94 bits per heavy atom. The number of rotatable bonds is 2. The molecule has 0 bridgehead atoms. The van der Waals surface area contributed by atoms with Crippen LogP contribution in [0, 0.1) is 0 Å². The molecule has 17 heavy (non-hydrogen) atoms.